The number of nitrogens with one attached hydrogen (secondary N) is 1. The summed E-state index contributed by atoms with van der Waals surface area (Å²) >= 11 is 0. The molecular weight excluding hydrogens is 382 g/mol. The second kappa shape index (κ2) is 8.10. The summed E-state index contributed by atoms with van der Waals surface area (Å²) < 4.78 is 0. The topological polar surface area (TPSA) is 110 Å². The van der Waals surface area contributed by atoms with Gasteiger partial charge in [-0.05, 0) is 48.7 Å². The summed E-state index contributed by atoms with van der Waals surface area (Å²) in [5.74, 6) is -1.38. The van der Waals surface area contributed by atoms with Crippen molar-refractivity contribution in [1.82, 2.24) is 4.90 Å². The van der Waals surface area contributed by atoms with Gasteiger partial charge in [0.25, 0.3) is 17.7 Å². The maximum Gasteiger partial charge on any atom is 0.261 e. The minimum atomic E-state index is -0.425. The number of carbonyl (C=O) groups is 4. The molecule has 1 saturated carbocycles. The van der Waals surface area contributed by atoms with Crippen LogP contribution in [0, 0.1) is 0 Å². The standard InChI is InChI=1S/C23H23N3O4/c24-20(27)12-14-6-9-16(10-7-14)25-21(28)15-8-11-18-19(13-15)23(30)26(22(18)29)17-4-2-1-3-5-17/h6-11,13,17H,1-5,12H2,(H2,24,27)(H,25,28). The van der Waals surface area contributed by atoms with Gasteiger partial charge in [0.05, 0.1) is 17.5 Å². The van der Waals surface area contributed by atoms with Crippen LogP contribution >= 0.6 is 0 Å². The molecule has 30 heavy (non-hydrogen) atoms. The molecule has 0 bridgehead atoms. The highest BCUT2D eigenvalue weighted by atomic mass is 16.2. The van der Waals surface area contributed by atoms with Crippen molar-refractivity contribution in [3.8, 4) is 0 Å². The number of primary amides is 1. The van der Waals surface area contributed by atoms with E-state index >= 15 is 0 Å². The zero-order valence-corrected chi connectivity index (χ0v) is 16.5. The van der Waals surface area contributed by atoms with Crippen LogP contribution in [0.25, 0.3) is 0 Å². The number of amides is 4. The Morgan fingerprint density at radius 2 is 1.60 bits per heavy atom. The molecule has 1 fully saturated rings. The van der Waals surface area contributed by atoms with Crippen LogP contribution in [0.5, 0.6) is 0 Å². The second-order valence-corrected chi connectivity index (χ2v) is 7.83. The normalized spacial score (nSPS) is 16.5. The molecule has 0 atom stereocenters. The van der Waals surface area contributed by atoms with E-state index in [1.165, 1.54) is 11.0 Å². The average molecular weight is 405 g/mol. The van der Waals surface area contributed by atoms with Crippen LogP contribution in [-0.2, 0) is 11.2 Å². The third-order valence-corrected chi connectivity index (χ3v) is 5.71. The fraction of sp³-hybridized carbons (Fsp3) is 0.304. The molecule has 154 valence electrons. The average Bonchev–Trinajstić information content (AvgIpc) is 2.99. The molecular formula is C23H23N3O4. The smallest absolute Gasteiger partial charge is 0.261 e. The number of hydrogen-bond donors (Lipinski definition) is 2. The summed E-state index contributed by atoms with van der Waals surface area (Å²) in [6.07, 6.45) is 4.98. The van der Waals surface area contributed by atoms with E-state index in [1.807, 2.05) is 0 Å². The summed E-state index contributed by atoms with van der Waals surface area (Å²) in [5, 5.41) is 2.77. The van der Waals surface area contributed by atoms with Gasteiger partial charge in [0.1, 0.15) is 0 Å². The van der Waals surface area contributed by atoms with Crippen molar-refractivity contribution < 1.29 is 19.2 Å². The summed E-state index contributed by atoms with van der Waals surface area (Å²) in [6, 6.07) is 11.4. The van der Waals surface area contributed by atoms with Crippen molar-refractivity contribution in [3.05, 3.63) is 64.7 Å². The maximum absolute atomic E-state index is 12.9. The predicted octanol–water partition coefficient (Wildman–Crippen LogP) is 2.90. The second-order valence-electron chi connectivity index (χ2n) is 7.83. The Morgan fingerprint density at radius 1 is 0.933 bits per heavy atom. The van der Waals surface area contributed by atoms with Gasteiger partial charge in [0.2, 0.25) is 5.91 Å². The Balaban J connectivity index is 1.50. The molecule has 0 unspecified atom stereocenters. The first-order chi connectivity index (χ1) is 14.4. The van der Waals surface area contributed by atoms with Crippen LogP contribution in [0.1, 0.15) is 68.7 Å². The lowest BCUT2D eigenvalue weighted by atomic mass is 9.94. The largest absolute Gasteiger partial charge is 0.369 e. The molecule has 0 aromatic heterocycles. The lowest BCUT2D eigenvalue weighted by molar-refractivity contribution is -0.117. The Bertz CT molecular complexity index is 1020. The van der Waals surface area contributed by atoms with Gasteiger partial charge in [0, 0.05) is 17.3 Å². The minimum absolute atomic E-state index is 0.0534. The van der Waals surface area contributed by atoms with Gasteiger partial charge in [-0.25, -0.2) is 0 Å². The molecule has 2 aromatic rings. The Morgan fingerprint density at radius 3 is 2.27 bits per heavy atom. The molecule has 4 rings (SSSR count). The predicted molar refractivity (Wildman–Crippen MR) is 111 cm³/mol. The summed E-state index contributed by atoms with van der Waals surface area (Å²) in [5.41, 5.74) is 7.44. The van der Waals surface area contributed by atoms with E-state index in [0.717, 1.165) is 37.7 Å². The summed E-state index contributed by atoms with van der Waals surface area (Å²) in [7, 11) is 0. The zero-order valence-electron chi connectivity index (χ0n) is 16.5. The van der Waals surface area contributed by atoms with Gasteiger partial charge in [-0.3, -0.25) is 24.1 Å². The van der Waals surface area contributed by atoms with Gasteiger partial charge in [-0.15, -0.1) is 0 Å². The fourth-order valence-corrected chi connectivity index (χ4v) is 4.18. The molecule has 2 aromatic carbocycles. The number of fused-ring (bicyclic) bond motifs is 1. The quantitative estimate of drug-likeness (QED) is 0.745. The van der Waals surface area contributed by atoms with Crippen LogP contribution in [-0.4, -0.2) is 34.6 Å². The molecule has 3 N–H and O–H groups in total. The molecule has 0 saturated heterocycles. The number of carbonyl (C=O) groups excluding carboxylic acids is 4. The first-order valence-corrected chi connectivity index (χ1v) is 10.1. The van der Waals surface area contributed by atoms with Crippen LogP contribution in [0.15, 0.2) is 42.5 Å². The lowest BCUT2D eigenvalue weighted by Gasteiger charge is -2.29. The Kier molecular flexibility index (Phi) is 5.35. The molecule has 1 aliphatic carbocycles. The van der Waals surface area contributed by atoms with E-state index in [0.29, 0.717) is 16.8 Å². The van der Waals surface area contributed by atoms with Gasteiger partial charge < -0.3 is 11.1 Å². The van der Waals surface area contributed by atoms with E-state index in [1.54, 1.807) is 36.4 Å². The van der Waals surface area contributed by atoms with Crippen LogP contribution in [0.2, 0.25) is 0 Å². The Hall–Kier alpha value is -3.48. The van der Waals surface area contributed by atoms with Crippen LogP contribution < -0.4 is 11.1 Å². The summed E-state index contributed by atoms with van der Waals surface area (Å²) in [6.45, 7) is 0. The van der Waals surface area contributed by atoms with E-state index in [4.69, 9.17) is 5.73 Å². The monoisotopic (exact) mass is 405 g/mol. The van der Waals surface area contributed by atoms with Gasteiger partial charge in [-0.1, -0.05) is 31.4 Å². The molecule has 2 aliphatic rings. The molecule has 0 spiro atoms. The van der Waals surface area contributed by atoms with Crippen molar-refractivity contribution >= 4 is 29.3 Å². The van der Waals surface area contributed by atoms with Crippen molar-refractivity contribution in [3.63, 3.8) is 0 Å². The number of nitrogens with two attached hydrogens (primary N) is 1. The number of anilines is 1. The van der Waals surface area contributed by atoms with Crippen molar-refractivity contribution in [2.45, 2.75) is 44.6 Å². The maximum atomic E-state index is 12.9. The molecule has 7 nitrogen and oxygen atoms in total. The van der Waals surface area contributed by atoms with Crippen LogP contribution in [0.4, 0.5) is 5.69 Å². The van der Waals surface area contributed by atoms with E-state index < -0.39 is 5.91 Å². The van der Waals surface area contributed by atoms with Gasteiger partial charge in [-0.2, -0.15) is 0 Å². The highest BCUT2D eigenvalue weighted by Crippen LogP contribution is 2.31. The van der Waals surface area contributed by atoms with Gasteiger partial charge in [0.15, 0.2) is 0 Å². The van der Waals surface area contributed by atoms with Crippen molar-refractivity contribution in [1.29, 1.82) is 0 Å². The van der Waals surface area contributed by atoms with Gasteiger partial charge >= 0.3 is 0 Å². The number of imide groups is 1. The molecule has 1 aliphatic heterocycles. The number of hydrogen-bond acceptors (Lipinski definition) is 4. The van der Waals surface area contributed by atoms with E-state index in [9.17, 15) is 19.2 Å². The van der Waals surface area contributed by atoms with E-state index in [-0.39, 0.29) is 35.7 Å². The molecule has 0 radical (unpaired) electrons. The first-order valence-electron chi connectivity index (χ1n) is 10.1. The SMILES string of the molecule is NC(=O)Cc1ccc(NC(=O)c2ccc3c(c2)C(=O)N(C2CCCCC2)C3=O)cc1. The van der Waals surface area contributed by atoms with E-state index in [2.05, 4.69) is 5.32 Å². The highest BCUT2D eigenvalue weighted by molar-refractivity contribution is 6.22. The van der Waals surface area contributed by atoms with Crippen molar-refractivity contribution in [2.75, 3.05) is 5.32 Å². The highest BCUT2D eigenvalue weighted by Gasteiger charge is 2.40. The summed E-state index contributed by atoms with van der Waals surface area (Å²) in [4.78, 5) is 50.7. The van der Waals surface area contributed by atoms with Crippen LogP contribution in [0.3, 0.4) is 0 Å². The molecule has 4 amide bonds. The third kappa shape index (κ3) is 3.83. The molecule has 7 heteroatoms. The number of rotatable bonds is 5. The minimum Gasteiger partial charge on any atom is -0.369 e. The molecule has 1 heterocycles. The number of benzene rings is 2. The Labute approximate surface area is 174 Å². The van der Waals surface area contributed by atoms with Crippen molar-refractivity contribution in [2.24, 2.45) is 5.73 Å². The first kappa shape index (κ1) is 19.8. The lowest BCUT2D eigenvalue weighted by Crippen LogP contribution is -2.40. The zero-order chi connectivity index (χ0) is 21.3. The fourth-order valence-electron chi connectivity index (χ4n) is 4.18. The third-order valence-electron chi connectivity index (χ3n) is 5.71. The number of nitrogens with zero attached hydrogens (tertiary/aromatic N) is 1.